The van der Waals surface area contributed by atoms with E-state index in [-0.39, 0.29) is 34.0 Å². The fourth-order valence-corrected chi connectivity index (χ4v) is 5.45. The van der Waals surface area contributed by atoms with Crippen LogP contribution in [-0.2, 0) is 19.0 Å². The van der Waals surface area contributed by atoms with E-state index < -0.39 is 48.8 Å². The van der Waals surface area contributed by atoms with Crippen molar-refractivity contribution >= 4 is 41.6 Å². The molecule has 1 aliphatic carbocycles. The largest absolute Gasteiger partial charge is 0.496 e. The minimum atomic E-state index is -1.03. The molecule has 1 fully saturated rings. The molecule has 3 aromatic rings. The average molecular weight is 773 g/mol. The standard InChI is InChI=1S/C41H52N6O9/c1-6-8-9-10-19-54-41(52)47-36(43)27-13-15-28(16-14-27)45-37(48)31-20-26(7-2)33(53-5)21-30(31)29-17-18-32(38(49)44-22-25-11-12-25)46-35(29)40(51)56-23-55-39(50)34(42)24(3)4/h7,13-18,20-21,24-25,34,36H,2,6,8-12,19,22-23,42-43H2,1,3-5H3,(H,44,49)(H,45,48)(H,47,52)/t34-,36?/m0/s1. The summed E-state index contributed by atoms with van der Waals surface area (Å²) >= 11 is 0. The Morgan fingerprint density at radius 2 is 1.66 bits per heavy atom. The van der Waals surface area contributed by atoms with Gasteiger partial charge in [-0.1, -0.05) is 64.8 Å². The van der Waals surface area contributed by atoms with Crippen LogP contribution in [0.4, 0.5) is 10.5 Å². The van der Waals surface area contributed by atoms with Gasteiger partial charge >= 0.3 is 18.0 Å². The van der Waals surface area contributed by atoms with Gasteiger partial charge in [0.25, 0.3) is 11.8 Å². The monoisotopic (exact) mass is 772 g/mol. The van der Waals surface area contributed by atoms with Crippen molar-refractivity contribution in [1.29, 1.82) is 0 Å². The Morgan fingerprint density at radius 3 is 2.30 bits per heavy atom. The molecule has 2 aromatic carbocycles. The summed E-state index contributed by atoms with van der Waals surface area (Å²) in [6.45, 7) is 9.42. The second kappa shape index (κ2) is 20.8. The molecule has 300 valence electrons. The zero-order valence-electron chi connectivity index (χ0n) is 32.4. The van der Waals surface area contributed by atoms with Crippen LogP contribution in [-0.4, -0.2) is 67.9 Å². The van der Waals surface area contributed by atoms with Crippen molar-refractivity contribution in [3.63, 3.8) is 0 Å². The quantitative estimate of drug-likeness (QED) is 0.0530. The van der Waals surface area contributed by atoms with Crippen LogP contribution in [0.5, 0.6) is 5.75 Å². The molecule has 0 aliphatic heterocycles. The SMILES string of the molecule is C=Cc1cc(C(=O)Nc2ccc(C(N)NC(=O)OCCCCCC)cc2)c(-c2ccc(C(=O)NCC3CC3)nc2C(=O)OCOC(=O)[C@@H](N)C(C)C)cc1OC. The van der Waals surface area contributed by atoms with Crippen molar-refractivity contribution in [3.8, 4) is 16.9 Å². The van der Waals surface area contributed by atoms with Gasteiger partial charge in [-0.05, 0) is 73.1 Å². The molecular formula is C41H52N6O9. The fraction of sp³-hybridized carbons (Fsp3) is 0.415. The number of pyridine rings is 1. The van der Waals surface area contributed by atoms with Gasteiger partial charge in [0.2, 0.25) is 6.79 Å². The first kappa shape index (κ1) is 42.9. The molecule has 1 aliphatic rings. The third-order valence-corrected chi connectivity index (χ3v) is 9.11. The molecule has 15 nitrogen and oxygen atoms in total. The van der Waals surface area contributed by atoms with E-state index in [1.165, 1.54) is 25.3 Å². The van der Waals surface area contributed by atoms with Crippen molar-refractivity contribution in [3.05, 3.63) is 83.2 Å². The van der Waals surface area contributed by atoms with Crippen LogP contribution >= 0.6 is 0 Å². The molecule has 7 N–H and O–H groups in total. The van der Waals surface area contributed by atoms with Gasteiger partial charge in [0, 0.05) is 34.5 Å². The minimum absolute atomic E-state index is 0.0612. The van der Waals surface area contributed by atoms with Crippen LogP contribution in [0, 0.1) is 11.8 Å². The number of hydrogen-bond donors (Lipinski definition) is 5. The number of alkyl carbamates (subject to hydrolysis) is 1. The van der Waals surface area contributed by atoms with Gasteiger partial charge in [0.05, 0.1) is 13.7 Å². The van der Waals surface area contributed by atoms with E-state index in [1.54, 1.807) is 50.2 Å². The van der Waals surface area contributed by atoms with Gasteiger partial charge in [-0.2, -0.15) is 0 Å². The van der Waals surface area contributed by atoms with Crippen LogP contribution in [0.2, 0.25) is 0 Å². The summed E-state index contributed by atoms with van der Waals surface area (Å²) in [6, 6.07) is 11.6. The number of carbonyl (C=O) groups is 5. The molecule has 3 amide bonds. The third kappa shape index (κ3) is 12.1. The number of ether oxygens (including phenoxy) is 4. The summed E-state index contributed by atoms with van der Waals surface area (Å²) in [6.07, 6.45) is 5.94. The van der Waals surface area contributed by atoms with Crippen molar-refractivity contribution in [1.82, 2.24) is 15.6 Å². The number of aromatic nitrogens is 1. The second-order valence-electron chi connectivity index (χ2n) is 13.8. The first-order valence-electron chi connectivity index (χ1n) is 18.7. The zero-order valence-corrected chi connectivity index (χ0v) is 32.4. The first-order chi connectivity index (χ1) is 26.9. The Balaban J connectivity index is 1.61. The number of nitrogens with zero attached hydrogens (tertiary/aromatic N) is 1. The fourth-order valence-electron chi connectivity index (χ4n) is 5.45. The summed E-state index contributed by atoms with van der Waals surface area (Å²) < 4.78 is 21.2. The third-order valence-electron chi connectivity index (χ3n) is 9.11. The average Bonchev–Trinajstić information content (AvgIpc) is 4.03. The van der Waals surface area contributed by atoms with Gasteiger partial charge in [0.1, 0.15) is 23.7 Å². The van der Waals surface area contributed by atoms with E-state index in [4.69, 9.17) is 30.4 Å². The van der Waals surface area contributed by atoms with Crippen molar-refractivity contribution < 1.29 is 42.9 Å². The number of nitrogens with two attached hydrogens (primary N) is 2. The molecule has 0 radical (unpaired) electrons. The van der Waals surface area contributed by atoms with Gasteiger partial charge in [-0.3, -0.25) is 14.4 Å². The normalized spacial score (nSPS) is 13.2. The minimum Gasteiger partial charge on any atom is -0.496 e. The maximum Gasteiger partial charge on any atom is 0.408 e. The van der Waals surface area contributed by atoms with E-state index in [1.807, 2.05) is 0 Å². The van der Waals surface area contributed by atoms with Gasteiger partial charge in [0.15, 0.2) is 5.69 Å². The molecule has 15 heteroatoms. The van der Waals surface area contributed by atoms with Gasteiger partial charge in [-0.15, -0.1) is 0 Å². The predicted molar refractivity (Wildman–Crippen MR) is 211 cm³/mol. The number of methoxy groups -OCH3 is 1. The molecule has 1 aromatic heterocycles. The Hall–Kier alpha value is -5.80. The number of amides is 3. The summed E-state index contributed by atoms with van der Waals surface area (Å²) in [5.74, 6) is -2.36. The molecular weight excluding hydrogens is 720 g/mol. The topological polar surface area (TPSA) is 223 Å². The number of nitrogens with one attached hydrogen (secondary N) is 3. The summed E-state index contributed by atoms with van der Waals surface area (Å²) in [7, 11) is 1.44. The maximum atomic E-state index is 14.0. The lowest BCUT2D eigenvalue weighted by atomic mass is 9.94. The van der Waals surface area contributed by atoms with Crippen LogP contribution in [0.3, 0.4) is 0 Å². The highest BCUT2D eigenvalue weighted by Crippen LogP contribution is 2.35. The summed E-state index contributed by atoms with van der Waals surface area (Å²) in [5.41, 5.74) is 13.5. The Bertz CT molecular complexity index is 1880. The van der Waals surface area contributed by atoms with Crippen molar-refractivity contribution in [2.75, 3.05) is 32.4 Å². The molecule has 1 unspecified atom stereocenters. The smallest absolute Gasteiger partial charge is 0.408 e. The van der Waals surface area contributed by atoms with E-state index in [9.17, 15) is 24.0 Å². The lowest BCUT2D eigenvalue weighted by Gasteiger charge is -2.18. The van der Waals surface area contributed by atoms with Crippen LogP contribution in [0.1, 0.15) is 108 Å². The molecule has 0 bridgehead atoms. The highest BCUT2D eigenvalue weighted by atomic mass is 16.7. The number of hydrogen-bond acceptors (Lipinski definition) is 12. The molecule has 1 saturated carbocycles. The number of carbonyl (C=O) groups excluding carboxylic acids is 5. The number of benzene rings is 2. The highest BCUT2D eigenvalue weighted by molar-refractivity contribution is 6.11. The summed E-state index contributed by atoms with van der Waals surface area (Å²) in [5, 5.41) is 8.27. The van der Waals surface area contributed by atoms with Gasteiger partial charge < -0.3 is 46.4 Å². The molecule has 0 saturated heterocycles. The van der Waals surface area contributed by atoms with Crippen LogP contribution < -0.4 is 32.2 Å². The Labute approximate surface area is 326 Å². The molecule has 4 rings (SSSR count). The molecule has 56 heavy (non-hydrogen) atoms. The Morgan fingerprint density at radius 1 is 0.929 bits per heavy atom. The van der Waals surface area contributed by atoms with Crippen LogP contribution in [0.15, 0.2) is 55.1 Å². The molecule has 0 spiro atoms. The number of rotatable bonds is 20. The maximum absolute atomic E-state index is 14.0. The van der Waals surface area contributed by atoms with E-state index in [0.29, 0.717) is 41.6 Å². The van der Waals surface area contributed by atoms with E-state index in [2.05, 4.69) is 34.4 Å². The number of esters is 2. The van der Waals surface area contributed by atoms with Crippen LogP contribution in [0.25, 0.3) is 17.2 Å². The highest BCUT2D eigenvalue weighted by Gasteiger charge is 2.27. The zero-order chi connectivity index (χ0) is 40.8. The predicted octanol–water partition coefficient (Wildman–Crippen LogP) is 5.70. The van der Waals surface area contributed by atoms with Gasteiger partial charge in [-0.25, -0.2) is 14.6 Å². The number of unbranched alkanes of at least 4 members (excludes halogenated alkanes) is 3. The van der Waals surface area contributed by atoms with Crippen molar-refractivity contribution in [2.45, 2.75) is 71.5 Å². The van der Waals surface area contributed by atoms with E-state index >= 15 is 0 Å². The molecule has 1 heterocycles. The summed E-state index contributed by atoms with van der Waals surface area (Å²) in [4.78, 5) is 69.6. The van der Waals surface area contributed by atoms with E-state index in [0.717, 1.165) is 38.5 Å². The molecule has 2 atom stereocenters. The number of anilines is 1. The lowest BCUT2D eigenvalue weighted by molar-refractivity contribution is -0.154. The Kier molecular flexibility index (Phi) is 15.9. The second-order valence-corrected chi connectivity index (χ2v) is 13.8. The first-order valence-corrected chi connectivity index (χ1v) is 18.7. The lowest BCUT2D eigenvalue weighted by Crippen LogP contribution is -2.37. The van der Waals surface area contributed by atoms with Crippen molar-refractivity contribution in [2.24, 2.45) is 23.3 Å².